The maximum Gasteiger partial charge on any atom is 0.191 e. The molecule has 0 saturated heterocycles. The molecule has 1 aliphatic heterocycles. The molecule has 2 unspecified atom stereocenters. The molecule has 2 atom stereocenters. The Hall–Kier alpha value is -1.30. The summed E-state index contributed by atoms with van der Waals surface area (Å²) >= 11 is 4.41. The molecule has 2 rings (SSSR count). The van der Waals surface area contributed by atoms with Gasteiger partial charge in [-0.1, -0.05) is 23.3 Å². The van der Waals surface area contributed by atoms with Crippen molar-refractivity contribution in [3.8, 4) is 0 Å². The molecular weight excluding hydrogens is 234 g/mol. The van der Waals surface area contributed by atoms with Crippen molar-refractivity contribution in [2.75, 3.05) is 7.05 Å². The number of rotatable bonds is 2. The minimum Gasteiger partial charge on any atom is -0.598 e. The van der Waals surface area contributed by atoms with Crippen molar-refractivity contribution in [2.24, 2.45) is 5.10 Å². The summed E-state index contributed by atoms with van der Waals surface area (Å²) in [5.74, 6) is 0. The highest BCUT2D eigenvalue weighted by Gasteiger charge is 2.39. The first-order valence-electron chi connectivity index (χ1n) is 5.37. The van der Waals surface area contributed by atoms with Gasteiger partial charge in [-0.2, -0.15) is 4.76 Å². The van der Waals surface area contributed by atoms with Crippen LogP contribution < -0.4 is 10.1 Å². The van der Waals surface area contributed by atoms with Crippen molar-refractivity contribution in [2.45, 2.75) is 12.3 Å². The highest BCUT2D eigenvalue weighted by Crippen LogP contribution is 2.36. The molecule has 17 heavy (non-hydrogen) atoms. The van der Waals surface area contributed by atoms with Gasteiger partial charge in [-0.15, -0.1) is 12.6 Å². The van der Waals surface area contributed by atoms with Gasteiger partial charge in [0.1, 0.15) is 5.71 Å². The van der Waals surface area contributed by atoms with Gasteiger partial charge in [0.25, 0.3) is 0 Å². The first-order chi connectivity index (χ1) is 8.09. The predicted molar refractivity (Wildman–Crippen MR) is 74.6 cm³/mol. The Morgan fingerprint density at radius 1 is 1.41 bits per heavy atom. The maximum absolute atomic E-state index is 12.7. The fourth-order valence-electron chi connectivity index (χ4n) is 1.89. The SMILES string of the molecule is CNC=C1C(C)=N[N+]([O-])(c2ccccc2)C1S. The van der Waals surface area contributed by atoms with E-state index in [1.54, 1.807) is 25.4 Å². The van der Waals surface area contributed by atoms with E-state index in [9.17, 15) is 5.21 Å². The van der Waals surface area contributed by atoms with Crippen LogP contribution in [0.4, 0.5) is 5.69 Å². The summed E-state index contributed by atoms with van der Waals surface area (Å²) in [5, 5.41) is 19.3. The number of quaternary nitrogens is 1. The standard InChI is InChI=1S/C12H15N3OS/c1-9-11(8-13-2)12(17)15(16,14-9)10-6-4-3-5-7-10/h3-8,12-13,17H,1-2H3. The van der Waals surface area contributed by atoms with Crippen LogP contribution in [0.2, 0.25) is 0 Å². The number of hydrogen-bond acceptors (Lipinski definition) is 4. The highest BCUT2D eigenvalue weighted by atomic mass is 32.1. The number of para-hydroxylation sites is 1. The van der Waals surface area contributed by atoms with Crippen LogP contribution >= 0.6 is 12.6 Å². The monoisotopic (exact) mass is 249 g/mol. The molecule has 5 heteroatoms. The first kappa shape index (κ1) is 12.2. The topological polar surface area (TPSA) is 47.5 Å². The molecule has 0 fully saturated rings. The van der Waals surface area contributed by atoms with E-state index >= 15 is 0 Å². The molecule has 1 aromatic carbocycles. The smallest absolute Gasteiger partial charge is 0.191 e. The van der Waals surface area contributed by atoms with Gasteiger partial charge in [0.15, 0.2) is 11.1 Å². The van der Waals surface area contributed by atoms with E-state index in [2.05, 4.69) is 23.0 Å². The quantitative estimate of drug-likeness (QED) is 0.480. The van der Waals surface area contributed by atoms with Gasteiger partial charge < -0.3 is 10.5 Å². The molecule has 4 nitrogen and oxygen atoms in total. The van der Waals surface area contributed by atoms with Crippen molar-refractivity contribution in [3.05, 3.63) is 47.3 Å². The zero-order valence-electron chi connectivity index (χ0n) is 9.79. The van der Waals surface area contributed by atoms with E-state index in [1.807, 2.05) is 25.1 Å². The van der Waals surface area contributed by atoms with Crippen LogP contribution in [0.5, 0.6) is 0 Å². The molecule has 0 saturated carbocycles. The van der Waals surface area contributed by atoms with Crippen molar-refractivity contribution >= 4 is 24.0 Å². The second-order valence-corrected chi connectivity index (χ2v) is 4.40. The van der Waals surface area contributed by atoms with E-state index in [4.69, 9.17) is 0 Å². The summed E-state index contributed by atoms with van der Waals surface area (Å²) < 4.78 is -0.788. The van der Waals surface area contributed by atoms with Crippen molar-refractivity contribution in [1.82, 2.24) is 10.1 Å². The van der Waals surface area contributed by atoms with Gasteiger partial charge in [-0.3, -0.25) is 0 Å². The first-order valence-corrected chi connectivity index (χ1v) is 5.89. The number of benzene rings is 1. The van der Waals surface area contributed by atoms with Crippen LogP contribution in [-0.4, -0.2) is 18.1 Å². The number of thiol groups is 1. The number of nitrogens with one attached hydrogen (secondary N) is 1. The lowest BCUT2D eigenvalue weighted by atomic mass is 10.2. The third-order valence-electron chi connectivity index (χ3n) is 2.75. The minimum absolute atomic E-state index is 0.523. The zero-order valence-corrected chi connectivity index (χ0v) is 10.7. The lowest BCUT2D eigenvalue weighted by Gasteiger charge is -2.35. The van der Waals surface area contributed by atoms with Crippen LogP contribution in [0.25, 0.3) is 0 Å². The Labute approximate surface area is 106 Å². The lowest BCUT2D eigenvalue weighted by molar-refractivity contribution is 0.423. The minimum atomic E-state index is -0.788. The molecule has 90 valence electrons. The van der Waals surface area contributed by atoms with E-state index in [0.717, 1.165) is 11.3 Å². The summed E-state index contributed by atoms with van der Waals surface area (Å²) in [6.45, 7) is 1.83. The number of hydroxylamine groups is 1. The molecule has 1 heterocycles. The molecule has 0 aromatic heterocycles. The van der Waals surface area contributed by atoms with Crippen LogP contribution in [0.1, 0.15) is 6.92 Å². The average Bonchev–Trinajstić information content (AvgIpc) is 2.56. The Kier molecular flexibility index (Phi) is 3.24. The van der Waals surface area contributed by atoms with Crippen LogP contribution in [-0.2, 0) is 0 Å². The highest BCUT2D eigenvalue weighted by molar-refractivity contribution is 7.81. The molecule has 0 spiro atoms. The molecular formula is C12H15N3OS. The van der Waals surface area contributed by atoms with Gasteiger partial charge in [-0.05, 0) is 6.92 Å². The van der Waals surface area contributed by atoms with Crippen molar-refractivity contribution < 1.29 is 0 Å². The lowest BCUT2D eigenvalue weighted by Crippen LogP contribution is -2.41. The Morgan fingerprint density at radius 3 is 2.65 bits per heavy atom. The second kappa shape index (κ2) is 4.52. The summed E-state index contributed by atoms with van der Waals surface area (Å²) in [5.41, 5.74) is 2.14. The molecule has 1 aromatic rings. The van der Waals surface area contributed by atoms with Gasteiger partial charge in [0.2, 0.25) is 0 Å². The number of hydrogen-bond donors (Lipinski definition) is 2. The second-order valence-electron chi connectivity index (χ2n) is 3.91. The largest absolute Gasteiger partial charge is 0.598 e. The molecule has 1 aliphatic rings. The predicted octanol–water partition coefficient (Wildman–Crippen LogP) is 2.24. The van der Waals surface area contributed by atoms with Gasteiger partial charge in [0.05, 0.1) is 5.57 Å². The molecule has 1 N–H and O–H groups in total. The Bertz CT molecular complexity index is 472. The van der Waals surface area contributed by atoms with E-state index in [-0.39, 0.29) is 0 Å². The van der Waals surface area contributed by atoms with Crippen LogP contribution in [0, 0.1) is 5.21 Å². The molecule has 0 bridgehead atoms. The zero-order chi connectivity index (χ0) is 12.5. The van der Waals surface area contributed by atoms with Gasteiger partial charge >= 0.3 is 0 Å². The summed E-state index contributed by atoms with van der Waals surface area (Å²) in [4.78, 5) is 0. The average molecular weight is 249 g/mol. The van der Waals surface area contributed by atoms with E-state index < -0.39 is 10.1 Å². The fourth-order valence-corrected chi connectivity index (χ4v) is 2.33. The summed E-state index contributed by atoms with van der Waals surface area (Å²) in [6.07, 6.45) is 1.78. The van der Waals surface area contributed by atoms with E-state index in [1.165, 1.54) is 0 Å². The van der Waals surface area contributed by atoms with Gasteiger partial charge in [-0.25, -0.2) is 0 Å². The van der Waals surface area contributed by atoms with E-state index in [0.29, 0.717) is 5.69 Å². The normalized spacial score (nSPS) is 30.5. The molecule has 0 radical (unpaired) electrons. The van der Waals surface area contributed by atoms with Crippen LogP contribution in [0.3, 0.4) is 0 Å². The summed E-state index contributed by atoms with van der Waals surface area (Å²) in [6, 6.07) is 9.08. The third-order valence-corrected chi connectivity index (χ3v) is 3.34. The summed E-state index contributed by atoms with van der Waals surface area (Å²) in [7, 11) is 1.79. The van der Waals surface area contributed by atoms with Crippen molar-refractivity contribution in [3.63, 3.8) is 0 Å². The maximum atomic E-state index is 12.7. The van der Waals surface area contributed by atoms with Crippen molar-refractivity contribution in [1.29, 1.82) is 0 Å². The third kappa shape index (κ3) is 1.97. The molecule has 0 amide bonds. The number of nitrogens with zero attached hydrogens (tertiary/aromatic N) is 2. The van der Waals surface area contributed by atoms with Crippen LogP contribution in [0.15, 0.2) is 47.2 Å². The fraction of sp³-hybridized carbons (Fsp3) is 0.250. The van der Waals surface area contributed by atoms with Gasteiger partial charge in [0, 0.05) is 25.4 Å². The Balaban J connectivity index is 2.45. The molecule has 0 aliphatic carbocycles. The Morgan fingerprint density at radius 2 is 2.06 bits per heavy atom.